The van der Waals surface area contributed by atoms with Crippen molar-refractivity contribution in [2.45, 2.75) is 51.5 Å². The lowest BCUT2D eigenvalue weighted by Crippen LogP contribution is -2.37. The molecule has 0 spiro atoms. The van der Waals surface area contributed by atoms with Crippen LogP contribution in [0.25, 0.3) is 0 Å². The summed E-state index contributed by atoms with van der Waals surface area (Å²) in [5.41, 5.74) is 6.04. The van der Waals surface area contributed by atoms with Crippen molar-refractivity contribution in [2.75, 3.05) is 24.4 Å². The first-order valence-corrected chi connectivity index (χ1v) is 13.1. The van der Waals surface area contributed by atoms with Crippen LogP contribution in [0.5, 0.6) is 11.5 Å². The van der Waals surface area contributed by atoms with E-state index < -0.39 is 6.04 Å². The summed E-state index contributed by atoms with van der Waals surface area (Å²) in [6.45, 7) is 5.82. The second-order valence-corrected chi connectivity index (χ2v) is 10.3. The molecule has 0 bridgehead atoms. The van der Waals surface area contributed by atoms with Crippen LogP contribution in [0.3, 0.4) is 0 Å². The highest BCUT2D eigenvalue weighted by atomic mass is 16.5. The Labute approximate surface area is 224 Å². The number of anilines is 2. The van der Waals surface area contributed by atoms with Crippen molar-refractivity contribution in [2.24, 2.45) is 0 Å². The zero-order valence-electron chi connectivity index (χ0n) is 22.6. The topological polar surface area (TPSA) is 67.9 Å². The molecule has 6 heteroatoms. The van der Waals surface area contributed by atoms with Gasteiger partial charge in [-0.25, -0.2) is 0 Å². The highest BCUT2D eigenvalue weighted by Crippen LogP contribution is 2.49. The second kappa shape index (κ2) is 10.4. The molecule has 0 radical (unpaired) electrons. The number of hydrogen-bond donors (Lipinski definition) is 1. The number of hydrogen-bond acceptors (Lipinski definition) is 5. The van der Waals surface area contributed by atoms with Crippen LogP contribution in [0.4, 0.5) is 11.4 Å². The van der Waals surface area contributed by atoms with Crippen LogP contribution in [0, 0.1) is 0 Å². The van der Waals surface area contributed by atoms with Crippen molar-refractivity contribution in [3.05, 3.63) is 94.7 Å². The molecule has 1 amide bonds. The molecule has 5 rings (SSSR count). The van der Waals surface area contributed by atoms with E-state index in [0.29, 0.717) is 24.2 Å². The zero-order chi connectivity index (χ0) is 27.0. The Morgan fingerprint density at radius 2 is 1.71 bits per heavy atom. The Balaban J connectivity index is 1.72. The van der Waals surface area contributed by atoms with Gasteiger partial charge in [0.2, 0.25) is 5.91 Å². The van der Waals surface area contributed by atoms with Crippen LogP contribution in [0.1, 0.15) is 68.2 Å². The second-order valence-electron chi connectivity index (χ2n) is 10.3. The van der Waals surface area contributed by atoms with Gasteiger partial charge in [-0.15, -0.1) is 0 Å². The molecule has 1 aliphatic heterocycles. The Bertz CT molecular complexity index is 1410. The summed E-state index contributed by atoms with van der Waals surface area (Å²) in [7, 11) is 3.28. The average Bonchev–Trinajstić information content (AvgIpc) is 3.07. The van der Waals surface area contributed by atoms with Crippen molar-refractivity contribution in [3.63, 3.8) is 0 Å². The van der Waals surface area contributed by atoms with E-state index in [1.807, 2.05) is 60.7 Å². The first-order chi connectivity index (χ1) is 18.3. The van der Waals surface area contributed by atoms with Gasteiger partial charge in [0, 0.05) is 30.2 Å². The summed E-state index contributed by atoms with van der Waals surface area (Å²) < 4.78 is 11.1. The molecule has 2 aliphatic rings. The number of ether oxygens (including phenoxy) is 2. The molecule has 0 saturated carbocycles. The Kier molecular flexibility index (Phi) is 6.98. The molecule has 1 N–H and O–H groups in total. The van der Waals surface area contributed by atoms with Gasteiger partial charge in [0.05, 0.1) is 31.6 Å². The molecule has 1 aliphatic carbocycles. The van der Waals surface area contributed by atoms with E-state index in [4.69, 9.17) is 9.47 Å². The van der Waals surface area contributed by atoms with Crippen molar-refractivity contribution in [3.8, 4) is 11.5 Å². The number of ketones is 1. The quantitative estimate of drug-likeness (QED) is 0.411. The third-order valence-corrected chi connectivity index (χ3v) is 7.63. The molecule has 3 aromatic carbocycles. The van der Waals surface area contributed by atoms with Crippen LogP contribution >= 0.6 is 0 Å². The normalized spacial score (nSPS) is 18.9. The molecule has 0 saturated heterocycles. The number of carbonyl (C=O) groups is 2. The smallest absolute Gasteiger partial charge is 0.224 e. The number of fused-ring (bicyclic) bond motifs is 1. The van der Waals surface area contributed by atoms with Crippen molar-refractivity contribution >= 4 is 23.1 Å². The third kappa shape index (κ3) is 4.55. The zero-order valence-corrected chi connectivity index (χ0v) is 22.6. The number of para-hydroxylation sites is 2. The summed E-state index contributed by atoms with van der Waals surface area (Å²) in [5.74, 6) is 1.62. The maximum atomic E-state index is 14.1. The number of rotatable bonds is 5. The Morgan fingerprint density at radius 1 is 0.974 bits per heavy atom. The number of nitrogens with one attached hydrogen (secondary N) is 1. The van der Waals surface area contributed by atoms with E-state index in [2.05, 4.69) is 25.2 Å². The number of carbonyl (C=O) groups excluding carboxylic acids is 2. The van der Waals surface area contributed by atoms with Gasteiger partial charge in [-0.2, -0.15) is 0 Å². The van der Waals surface area contributed by atoms with Crippen LogP contribution < -0.4 is 19.7 Å². The molecule has 0 fully saturated rings. The van der Waals surface area contributed by atoms with E-state index in [9.17, 15) is 9.59 Å². The van der Waals surface area contributed by atoms with Gasteiger partial charge in [0.1, 0.15) is 11.5 Å². The summed E-state index contributed by atoms with van der Waals surface area (Å²) in [6, 6.07) is 21.1. The predicted molar refractivity (Wildman–Crippen MR) is 150 cm³/mol. The Hall–Kier alpha value is -4.06. The molecule has 1 heterocycles. The molecule has 0 aromatic heterocycles. The minimum absolute atomic E-state index is 0.0141. The molecule has 2 atom stereocenters. The minimum Gasteiger partial charge on any atom is -0.497 e. The highest BCUT2D eigenvalue weighted by molar-refractivity contribution is 6.06. The Morgan fingerprint density at radius 3 is 2.37 bits per heavy atom. The monoisotopic (exact) mass is 510 g/mol. The molecular weight excluding hydrogens is 476 g/mol. The van der Waals surface area contributed by atoms with Crippen LogP contribution in [-0.4, -0.2) is 25.9 Å². The molecular formula is C32H34N2O4. The summed E-state index contributed by atoms with van der Waals surface area (Å²) >= 11 is 0. The van der Waals surface area contributed by atoms with Crippen molar-refractivity contribution in [1.29, 1.82) is 0 Å². The lowest BCUT2D eigenvalue weighted by molar-refractivity contribution is -0.117. The fourth-order valence-corrected chi connectivity index (χ4v) is 5.67. The van der Waals surface area contributed by atoms with Gasteiger partial charge in [-0.3, -0.25) is 14.5 Å². The molecule has 196 valence electrons. The van der Waals surface area contributed by atoms with Gasteiger partial charge in [0.25, 0.3) is 0 Å². The van der Waals surface area contributed by atoms with E-state index in [1.54, 1.807) is 26.0 Å². The standard InChI is InChI=1S/C32H34N2O4/c1-19(2)22-12-15-30(38-5)25(16-22)32-31-27(33-26-8-6-7-9-28(26)34(32)20(3)35)17-23(18-29(31)36)21-10-13-24(37-4)14-11-21/h6-16,19,23,32-33H,17-18H2,1-5H3. The van der Waals surface area contributed by atoms with E-state index in [1.165, 1.54) is 0 Å². The van der Waals surface area contributed by atoms with E-state index in [-0.39, 0.29) is 23.5 Å². The van der Waals surface area contributed by atoms with Gasteiger partial charge in [0.15, 0.2) is 5.78 Å². The number of allylic oxidation sites excluding steroid dienone is 1. The molecule has 6 nitrogen and oxygen atoms in total. The van der Waals surface area contributed by atoms with E-state index in [0.717, 1.165) is 39.5 Å². The van der Waals surface area contributed by atoms with Gasteiger partial charge in [-0.05, 0) is 65.8 Å². The SMILES string of the molecule is COc1ccc(C2CC(=O)C3=C(C2)Nc2ccccc2N(C(C)=O)C3c2cc(C(C)C)ccc2OC)cc1. The minimum atomic E-state index is -0.614. The molecule has 2 unspecified atom stereocenters. The lowest BCUT2D eigenvalue weighted by atomic mass is 9.77. The van der Waals surface area contributed by atoms with Crippen LogP contribution in [0.15, 0.2) is 78.0 Å². The lowest BCUT2D eigenvalue weighted by Gasteiger charge is -2.35. The number of amides is 1. The van der Waals surface area contributed by atoms with Gasteiger partial charge in [-0.1, -0.05) is 44.2 Å². The maximum Gasteiger partial charge on any atom is 0.224 e. The first kappa shape index (κ1) is 25.6. The molecule has 3 aromatic rings. The molecule has 38 heavy (non-hydrogen) atoms. The number of nitrogens with zero attached hydrogens (tertiary/aromatic N) is 1. The fraction of sp³-hybridized carbons (Fsp3) is 0.312. The predicted octanol–water partition coefficient (Wildman–Crippen LogP) is 6.75. The number of Topliss-reactive ketones (excluding diaryl/α,β-unsaturated/α-hetero) is 1. The van der Waals surface area contributed by atoms with Gasteiger partial charge < -0.3 is 14.8 Å². The largest absolute Gasteiger partial charge is 0.497 e. The average molecular weight is 511 g/mol. The summed E-state index contributed by atoms with van der Waals surface area (Å²) in [6.07, 6.45) is 1.01. The summed E-state index contributed by atoms with van der Waals surface area (Å²) in [5, 5.41) is 3.57. The highest BCUT2D eigenvalue weighted by Gasteiger charge is 2.42. The number of methoxy groups -OCH3 is 2. The number of benzene rings is 3. The summed E-state index contributed by atoms with van der Waals surface area (Å²) in [4.78, 5) is 29.2. The van der Waals surface area contributed by atoms with Gasteiger partial charge >= 0.3 is 0 Å². The maximum absolute atomic E-state index is 14.1. The fourth-order valence-electron chi connectivity index (χ4n) is 5.67. The van der Waals surface area contributed by atoms with Crippen molar-refractivity contribution in [1.82, 2.24) is 0 Å². The van der Waals surface area contributed by atoms with Crippen LogP contribution in [0.2, 0.25) is 0 Å². The van der Waals surface area contributed by atoms with Crippen LogP contribution in [-0.2, 0) is 9.59 Å². The first-order valence-electron chi connectivity index (χ1n) is 13.1. The van der Waals surface area contributed by atoms with Crippen molar-refractivity contribution < 1.29 is 19.1 Å². The third-order valence-electron chi connectivity index (χ3n) is 7.63. The van der Waals surface area contributed by atoms with E-state index >= 15 is 0 Å².